The third kappa shape index (κ3) is 5.23. The van der Waals surface area contributed by atoms with Gasteiger partial charge >= 0.3 is 0 Å². The molecule has 1 amide bonds. The normalized spacial score (nSPS) is 11.1. The lowest BCUT2D eigenvalue weighted by Crippen LogP contribution is -2.27. The van der Waals surface area contributed by atoms with E-state index in [1.807, 2.05) is 0 Å². The second-order valence-electron chi connectivity index (χ2n) is 4.88. The van der Waals surface area contributed by atoms with Crippen molar-refractivity contribution in [3.8, 4) is 5.75 Å². The fraction of sp³-hybridized carbons (Fsp3) is 0.188. The van der Waals surface area contributed by atoms with E-state index in [-0.39, 0.29) is 23.8 Å². The molecule has 0 bridgehead atoms. The number of carbonyl (C=O) groups excluding carboxylic acids is 1. The van der Waals surface area contributed by atoms with E-state index in [0.29, 0.717) is 16.5 Å². The SMILES string of the molecule is COc1cccc(NC(=O)CCNS(=O)(=O)c2ccc(Cl)cc2)c1. The fourth-order valence-electron chi connectivity index (χ4n) is 1.92. The van der Waals surface area contributed by atoms with Crippen LogP contribution >= 0.6 is 11.6 Å². The smallest absolute Gasteiger partial charge is 0.240 e. The molecule has 2 aromatic rings. The number of amides is 1. The van der Waals surface area contributed by atoms with Gasteiger partial charge in [-0.3, -0.25) is 4.79 Å². The molecule has 0 saturated heterocycles. The maximum atomic E-state index is 12.1. The Morgan fingerprint density at radius 3 is 2.54 bits per heavy atom. The molecule has 0 unspecified atom stereocenters. The largest absolute Gasteiger partial charge is 0.497 e. The number of ether oxygens (including phenoxy) is 1. The molecule has 24 heavy (non-hydrogen) atoms. The van der Waals surface area contributed by atoms with Crippen molar-refractivity contribution in [2.45, 2.75) is 11.3 Å². The minimum atomic E-state index is -3.66. The summed E-state index contributed by atoms with van der Waals surface area (Å²) in [5.74, 6) is 0.318. The van der Waals surface area contributed by atoms with Gasteiger partial charge in [-0.05, 0) is 36.4 Å². The highest BCUT2D eigenvalue weighted by atomic mass is 35.5. The summed E-state index contributed by atoms with van der Waals surface area (Å²) in [6, 6.07) is 12.7. The van der Waals surface area contributed by atoms with Crippen LogP contribution in [0.4, 0.5) is 5.69 Å². The number of hydrogen-bond acceptors (Lipinski definition) is 4. The molecule has 0 aliphatic heterocycles. The molecule has 2 rings (SSSR count). The minimum Gasteiger partial charge on any atom is -0.497 e. The predicted molar refractivity (Wildman–Crippen MR) is 92.9 cm³/mol. The Balaban J connectivity index is 1.86. The zero-order valence-corrected chi connectivity index (χ0v) is 14.5. The highest BCUT2D eigenvalue weighted by Crippen LogP contribution is 2.17. The Morgan fingerprint density at radius 1 is 1.17 bits per heavy atom. The van der Waals surface area contributed by atoms with Gasteiger partial charge < -0.3 is 10.1 Å². The molecule has 2 aromatic carbocycles. The Morgan fingerprint density at radius 2 is 1.88 bits per heavy atom. The van der Waals surface area contributed by atoms with Crippen LogP contribution < -0.4 is 14.8 Å². The molecule has 0 aliphatic rings. The average molecular weight is 369 g/mol. The van der Waals surface area contributed by atoms with Gasteiger partial charge in [-0.15, -0.1) is 0 Å². The van der Waals surface area contributed by atoms with E-state index in [0.717, 1.165) is 0 Å². The molecule has 8 heteroatoms. The molecule has 0 fully saturated rings. The molecule has 0 aliphatic carbocycles. The summed E-state index contributed by atoms with van der Waals surface area (Å²) in [5.41, 5.74) is 0.583. The first kappa shape index (κ1) is 18.3. The number of halogens is 1. The number of anilines is 1. The molecule has 0 spiro atoms. The summed E-state index contributed by atoms with van der Waals surface area (Å²) < 4.78 is 31.6. The van der Waals surface area contributed by atoms with Crippen molar-refractivity contribution in [2.75, 3.05) is 19.0 Å². The summed E-state index contributed by atoms with van der Waals surface area (Å²) in [6.45, 7) is -0.0131. The Labute approximate surface area is 145 Å². The van der Waals surface area contributed by atoms with Gasteiger partial charge in [0.25, 0.3) is 0 Å². The molecule has 0 atom stereocenters. The van der Waals surface area contributed by atoms with Crippen LogP contribution in [-0.4, -0.2) is 28.0 Å². The fourth-order valence-corrected chi connectivity index (χ4v) is 3.08. The first-order valence-corrected chi connectivity index (χ1v) is 8.96. The van der Waals surface area contributed by atoms with Crippen molar-refractivity contribution < 1.29 is 17.9 Å². The van der Waals surface area contributed by atoms with Gasteiger partial charge in [0.15, 0.2) is 0 Å². The van der Waals surface area contributed by atoms with Gasteiger partial charge in [0, 0.05) is 29.7 Å². The number of nitrogens with one attached hydrogen (secondary N) is 2. The highest BCUT2D eigenvalue weighted by molar-refractivity contribution is 7.89. The Hall–Kier alpha value is -2.09. The van der Waals surface area contributed by atoms with Crippen molar-refractivity contribution in [2.24, 2.45) is 0 Å². The van der Waals surface area contributed by atoms with Crippen LogP contribution in [0.25, 0.3) is 0 Å². The van der Waals surface area contributed by atoms with E-state index < -0.39 is 10.0 Å². The molecule has 0 saturated carbocycles. The van der Waals surface area contributed by atoms with Crippen LogP contribution in [0.3, 0.4) is 0 Å². The van der Waals surface area contributed by atoms with Crippen molar-refractivity contribution >= 4 is 33.2 Å². The molecule has 2 N–H and O–H groups in total. The molecule has 0 radical (unpaired) electrons. The molecular formula is C16H17ClN2O4S. The van der Waals surface area contributed by atoms with E-state index >= 15 is 0 Å². The zero-order valence-electron chi connectivity index (χ0n) is 13.0. The summed E-state index contributed by atoms with van der Waals surface area (Å²) in [7, 11) is -2.13. The van der Waals surface area contributed by atoms with Crippen LogP contribution in [0.1, 0.15) is 6.42 Å². The van der Waals surface area contributed by atoms with E-state index in [1.165, 1.54) is 31.4 Å². The number of carbonyl (C=O) groups is 1. The summed E-state index contributed by atoms with van der Waals surface area (Å²) in [6.07, 6.45) is 0.00400. The van der Waals surface area contributed by atoms with Gasteiger partial charge in [0.05, 0.1) is 12.0 Å². The predicted octanol–water partition coefficient (Wildman–Crippen LogP) is 2.66. The first-order chi connectivity index (χ1) is 11.4. The lowest BCUT2D eigenvalue weighted by molar-refractivity contribution is -0.116. The summed E-state index contributed by atoms with van der Waals surface area (Å²) >= 11 is 5.73. The monoisotopic (exact) mass is 368 g/mol. The maximum Gasteiger partial charge on any atom is 0.240 e. The van der Waals surface area contributed by atoms with Gasteiger partial charge in [0.2, 0.25) is 15.9 Å². The second-order valence-corrected chi connectivity index (χ2v) is 7.09. The summed E-state index contributed by atoms with van der Waals surface area (Å²) in [4.78, 5) is 12.0. The van der Waals surface area contributed by atoms with E-state index in [9.17, 15) is 13.2 Å². The van der Waals surface area contributed by atoms with Crippen LogP contribution in [0.15, 0.2) is 53.4 Å². The van der Waals surface area contributed by atoms with Crippen molar-refractivity contribution in [3.05, 3.63) is 53.6 Å². The van der Waals surface area contributed by atoms with Crippen LogP contribution in [0.5, 0.6) is 5.75 Å². The number of methoxy groups -OCH3 is 1. The topological polar surface area (TPSA) is 84.5 Å². The van der Waals surface area contributed by atoms with Crippen molar-refractivity contribution in [1.29, 1.82) is 0 Å². The lowest BCUT2D eigenvalue weighted by Gasteiger charge is -2.08. The Bertz CT molecular complexity index is 807. The molecule has 128 valence electrons. The standard InChI is InChI=1S/C16H17ClN2O4S/c1-23-14-4-2-3-13(11-14)19-16(20)9-10-18-24(21,22)15-7-5-12(17)6-8-15/h2-8,11,18H,9-10H2,1H3,(H,19,20). The van der Waals surface area contributed by atoms with Gasteiger partial charge in [0.1, 0.15) is 5.75 Å². The highest BCUT2D eigenvalue weighted by Gasteiger charge is 2.14. The molecule has 0 heterocycles. The van der Waals surface area contributed by atoms with Crippen LogP contribution in [0, 0.1) is 0 Å². The lowest BCUT2D eigenvalue weighted by atomic mass is 10.3. The number of rotatable bonds is 7. The third-order valence-electron chi connectivity index (χ3n) is 3.12. The summed E-state index contributed by atoms with van der Waals surface area (Å²) in [5, 5.41) is 3.13. The van der Waals surface area contributed by atoms with Gasteiger partial charge in [-0.2, -0.15) is 0 Å². The van der Waals surface area contributed by atoms with Crippen molar-refractivity contribution in [1.82, 2.24) is 4.72 Å². The molecular weight excluding hydrogens is 352 g/mol. The minimum absolute atomic E-state index is 0.00400. The van der Waals surface area contributed by atoms with Crippen LogP contribution in [-0.2, 0) is 14.8 Å². The Kier molecular flexibility index (Phi) is 6.19. The van der Waals surface area contributed by atoms with Crippen molar-refractivity contribution in [3.63, 3.8) is 0 Å². The zero-order chi connectivity index (χ0) is 17.6. The number of hydrogen-bond donors (Lipinski definition) is 2. The second kappa shape index (κ2) is 8.14. The third-order valence-corrected chi connectivity index (χ3v) is 4.85. The maximum absolute atomic E-state index is 12.1. The van der Waals surface area contributed by atoms with Crippen LogP contribution in [0.2, 0.25) is 5.02 Å². The molecule has 0 aromatic heterocycles. The quantitative estimate of drug-likeness (QED) is 0.786. The number of sulfonamides is 1. The van der Waals surface area contributed by atoms with Gasteiger partial charge in [-0.25, -0.2) is 13.1 Å². The first-order valence-electron chi connectivity index (χ1n) is 7.10. The molecule has 6 nitrogen and oxygen atoms in total. The number of benzene rings is 2. The average Bonchev–Trinajstić information content (AvgIpc) is 2.55. The van der Waals surface area contributed by atoms with E-state index in [4.69, 9.17) is 16.3 Å². The van der Waals surface area contributed by atoms with Gasteiger partial charge in [-0.1, -0.05) is 17.7 Å². The van der Waals surface area contributed by atoms with E-state index in [2.05, 4.69) is 10.0 Å². The van der Waals surface area contributed by atoms with E-state index in [1.54, 1.807) is 24.3 Å².